The van der Waals surface area contributed by atoms with E-state index in [4.69, 9.17) is 21.1 Å². The Balaban J connectivity index is 1.56. The van der Waals surface area contributed by atoms with Crippen molar-refractivity contribution in [2.24, 2.45) is 11.3 Å². The summed E-state index contributed by atoms with van der Waals surface area (Å²) in [7, 11) is 0. The van der Waals surface area contributed by atoms with Gasteiger partial charge in [-0.15, -0.1) is 0 Å². The Kier molecular flexibility index (Phi) is 4.72. The Morgan fingerprint density at radius 3 is 2.90 bits per heavy atom. The van der Waals surface area contributed by atoms with Gasteiger partial charge in [0, 0.05) is 5.41 Å². The van der Waals surface area contributed by atoms with Crippen molar-refractivity contribution in [3.8, 4) is 5.75 Å². The molecule has 1 aromatic rings. The summed E-state index contributed by atoms with van der Waals surface area (Å²) in [6, 6.07) is 6.22. The largest absolute Gasteiger partial charge is 0.491 e. The van der Waals surface area contributed by atoms with Gasteiger partial charge in [0.1, 0.15) is 5.75 Å². The Morgan fingerprint density at radius 2 is 2.29 bits per heavy atom. The topological polar surface area (TPSA) is 30.5 Å². The van der Waals surface area contributed by atoms with Gasteiger partial charge in [-0.2, -0.15) is 0 Å². The van der Waals surface area contributed by atoms with Crippen molar-refractivity contribution in [1.82, 2.24) is 5.32 Å². The van der Waals surface area contributed by atoms with E-state index in [9.17, 15) is 0 Å². The fourth-order valence-electron chi connectivity index (χ4n) is 3.01. The van der Waals surface area contributed by atoms with E-state index in [0.717, 1.165) is 49.4 Å². The fraction of sp³-hybridized carbons (Fsp3) is 0.647. The number of hydrogen-bond donors (Lipinski definition) is 1. The minimum absolute atomic E-state index is 0.149. The molecule has 1 aromatic carbocycles. The molecule has 0 amide bonds. The number of benzene rings is 1. The van der Waals surface area contributed by atoms with Crippen molar-refractivity contribution in [3.05, 3.63) is 28.8 Å². The van der Waals surface area contributed by atoms with Gasteiger partial charge in [-0.1, -0.05) is 24.6 Å². The molecule has 0 saturated carbocycles. The molecule has 0 aromatic heterocycles. The lowest BCUT2D eigenvalue weighted by atomic mass is 9.90. The summed E-state index contributed by atoms with van der Waals surface area (Å²) >= 11 is 6.37. The third-order valence-electron chi connectivity index (χ3n) is 4.40. The predicted molar refractivity (Wildman–Crippen MR) is 85.2 cm³/mol. The summed E-state index contributed by atoms with van der Waals surface area (Å²) in [6.45, 7) is 6.67. The van der Waals surface area contributed by atoms with Gasteiger partial charge in [0.05, 0.1) is 24.8 Å². The van der Waals surface area contributed by atoms with E-state index < -0.39 is 0 Å². The van der Waals surface area contributed by atoms with E-state index in [1.54, 1.807) is 0 Å². The van der Waals surface area contributed by atoms with Crippen LogP contribution in [0.15, 0.2) is 18.2 Å². The average molecular weight is 310 g/mol. The molecule has 2 aliphatic rings. The van der Waals surface area contributed by atoms with E-state index in [-0.39, 0.29) is 5.41 Å². The van der Waals surface area contributed by atoms with Crippen molar-refractivity contribution in [3.63, 3.8) is 0 Å². The lowest BCUT2D eigenvalue weighted by Gasteiger charge is -2.37. The lowest BCUT2D eigenvalue weighted by Crippen LogP contribution is -2.44. The summed E-state index contributed by atoms with van der Waals surface area (Å²) in [6.07, 6.45) is 3.68. The van der Waals surface area contributed by atoms with Gasteiger partial charge in [-0.25, -0.2) is 0 Å². The van der Waals surface area contributed by atoms with Crippen molar-refractivity contribution in [2.75, 3.05) is 32.9 Å². The number of rotatable bonds is 5. The highest BCUT2D eigenvalue weighted by Crippen LogP contribution is 2.31. The molecular weight excluding hydrogens is 286 g/mol. The van der Waals surface area contributed by atoms with Crippen LogP contribution in [-0.4, -0.2) is 32.9 Å². The molecule has 4 heteroatoms. The molecule has 2 aliphatic heterocycles. The SMILES string of the molecule is CC1(COc2ccc(CC3CCCNC3)cc2Cl)COC1. The number of nitrogens with one attached hydrogen (secondary N) is 1. The zero-order valence-electron chi connectivity index (χ0n) is 12.7. The van der Waals surface area contributed by atoms with E-state index in [1.807, 2.05) is 6.07 Å². The zero-order chi connectivity index (χ0) is 14.7. The molecule has 0 spiro atoms. The minimum Gasteiger partial charge on any atom is -0.491 e. The summed E-state index contributed by atoms with van der Waals surface area (Å²) in [5, 5.41) is 4.18. The van der Waals surface area contributed by atoms with Crippen LogP contribution in [0.2, 0.25) is 5.02 Å². The summed E-state index contributed by atoms with van der Waals surface area (Å²) < 4.78 is 11.1. The molecule has 1 atom stereocenters. The van der Waals surface area contributed by atoms with Crippen LogP contribution in [0, 0.1) is 11.3 Å². The van der Waals surface area contributed by atoms with Gasteiger partial charge in [0.15, 0.2) is 0 Å². The third-order valence-corrected chi connectivity index (χ3v) is 4.69. The van der Waals surface area contributed by atoms with Crippen LogP contribution in [0.1, 0.15) is 25.3 Å². The van der Waals surface area contributed by atoms with Gasteiger partial charge < -0.3 is 14.8 Å². The maximum atomic E-state index is 6.37. The molecule has 0 bridgehead atoms. The second-order valence-corrected chi connectivity index (χ2v) is 7.18. The van der Waals surface area contributed by atoms with Gasteiger partial charge >= 0.3 is 0 Å². The maximum Gasteiger partial charge on any atom is 0.137 e. The Morgan fingerprint density at radius 1 is 1.43 bits per heavy atom. The molecule has 1 N–H and O–H groups in total. The van der Waals surface area contributed by atoms with Crippen molar-refractivity contribution in [2.45, 2.75) is 26.2 Å². The molecule has 1 unspecified atom stereocenters. The molecule has 116 valence electrons. The second kappa shape index (κ2) is 6.55. The molecule has 2 saturated heterocycles. The Hall–Kier alpha value is -0.770. The van der Waals surface area contributed by atoms with Crippen LogP contribution in [0.4, 0.5) is 0 Å². The molecule has 3 nitrogen and oxygen atoms in total. The first kappa shape index (κ1) is 15.1. The monoisotopic (exact) mass is 309 g/mol. The van der Waals surface area contributed by atoms with E-state index >= 15 is 0 Å². The summed E-state index contributed by atoms with van der Waals surface area (Å²) in [5.74, 6) is 1.52. The van der Waals surface area contributed by atoms with Crippen LogP contribution in [-0.2, 0) is 11.2 Å². The van der Waals surface area contributed by atoms with E-state index in [1.165, 1.54) is 18.4 Å². The van der Waals surface area contributed by atoms with Crippen LogP contribution in [0.3, 0.4) is 0 Å². The first-order valence-electron chi connectivity index (χ1n) is 7.84. The zero-order valence-corrected chi connectivity index (χ0v) is 13.4. The van der Waals surface area contributed by atoms with Crippen LogP contribution in [0.25, 0.3) is 0 Å². The standard InChI is InChI=1S/C17H24ClNO2/c1-17(10-20-11-17)12-21-16-5-4-13(8-15(16)18)7-14-3-2-6-19-9-14/h4-5,8,14,19H,2-3,6-7,9-12H2,1H3. The average Bonchev–Trinajstić information content (AvgIpc) is 2.45. The van der Waals surface area contributed by atoms with Crippen LogP contribution < -0.4 is 10.1 Å². The van der Waals surface area contributed by atoms with Gasteiger partial charge in [-0.05, 0) is 56.0 Å². The highest BCUT2D eigenvalue weighted by molar-refractivity contribution is 6.32. The molecule has 2 heterocycles. The fourth-order valence-corrected chi connectivity index (χ4v) is 3.26. The predicted octanol–water partition coefficient (Wildman–Crippen LogP) is 3.30. The molecule has 0 radical (unpaired) electrons. The normalized spacial score (nSPS) is 24.4. The van der Waals surface area contributed by atoms with Crippen molar-refractivity contribution < 1.29 is 9.47 Å². The summed E-state index contributed by atoms with van der Waals surface area (Å²) in [4.78, 5) is 0. The van der Waals surface area contributed by atoms with E-state index in [0.29, 0.717) is 6.61 Å². The number of hydrogen-bond acceptors (Lipinski definition) is 3. The quantitative estimate of drug-likeness (QED) is 0.905. The highest BCUT2D eigenvalue weighted by atomic mass is 35.5. The molecule has 3 rings (SSSR count). The van der Waals surface area contributed by atoms with Gasteiger partial charge in [-0.3, -0.25) is 0 Å². The van der Waals surface area contributed by atoms with Gasteiger partial charge in [0.25, 0.3) is 0 Å². The number of halogens is 1. The van der Waals surface area contributed by atoms with Gasteiger partial charge in [0.2, 0.25) is 0 Å². The lowest BCUT2D eigenvalue weighted by molar-refractivity contribution is -0.120. The molecule has 0 aliphatic carbocycles. The summed E-state index contributed by atoms with van der Waals surface area (Å²) in [5.41, 5.74) is 1.45. The van der Waals surface area contributed by atoms with Crippen molar-refractivity contribution >= 4 is 11.6 Å². The highest BCUT2D eigenvalue weighted by Gasteiger charge is 2.34. The minimum atomic E-state index is 0.149. The van der Waals surface area contributed by atoms with Crippen molar-refractivity contribution in [1.29, 1.82) is 0 Å². The smallest absolute Gasteiger partial charge is 0.137 e. The Bertz CT molecular complexity index is 482. The Labute approximate surface area is 132 Å². The van der Waals surface area contributed by atoms with E-state index in [2.05, 4.69) is 24.4 Å². The van der Waals surface area contributed by atoms with Crippen LogP contribution in [0.5, 0.6) is 5.75 Å². The molecule has 21 heavy (non-hydrogen) atoms. The first-order valence-corrected chi connectivity index (χ1v) is 8.22. The number of piperidine rings is 1. The van der Waals surface area contributed by atoms with Crippen LogP contribution >= 0.6 is 11.6 Å². The first-order chi connectivity index (χ1) is 10.1. The second-order valence-electron chi connectivity index (χ2n) is 6.77. The number of ether oxygens (including phenoxy) is 2. The third kappa shape index (κ3) is 3.91. The molecular formula is C17H24ClNO2. The maximum absolute atomic E-state index is 6.37. The molecule has 2 fully saturated rings.